The molecule has 6 heteroatoms. The Hall–Kier alpha value is -2.24. The van der Waals surface area contributed by atoms with E-state index >= 15 is 0 Å². The summed E-state index contributed by atoms with van der Waals surface area (Å²) in [4.78, 5) is 3.90. The van der Waals surface area contributed by atoms with Crippen molar-refractivity contribution in [3.8, 4) is 5.69 Å². The van der Waals surface area contributed by atoms with Gasteiger partial charge in [0.15, 0.2) is 11.6 Å². The van der Waals surface area contributed by atoms with E-state index in [0.29, 0.717) is 5.82 Å². The van der Waals surface area contributed by atoms with Gasteiger partial charge in [0.1, 0.15) is 17.3 Å². The minimum atomic E-state index is -0.781. The number of hydrogen-bond donors (Lipinski definition) is 2. The number of nitrogens with two attached hydrogens (primary N) is 1. The SMILES string of the molecule is Cc1nccn1-c1c(F)cc(C(=N)N)cc1F. The van der Waals surface area contributed by atoms with Crippen molar-refractivity contribution in [2.24, 2.45) is 5.73 Å². The number of nitrogens with zero attached hydrogens (tertiary/aromatic N) is 2. The van der Waals surface area contributed by atoms with Gasteiger partial charge in [0.2, 0.25) is 0 Å². The van der Waals surface area contributed by atoms with Crippen molar-refractivity contribution in [2.75, 3.05) is 0 Å². The molecule has 1 heterocycles. The van der Waals surface area contributed by atoms with E-state index in [1.54, 1.807) is 6.92 Å². The van der Waals surface area contributed by atoms with Crippen LogP contribution in [0.4, 0.5) is 8.78 Å². The zero-order valence-electron chi connectivity index (χ0n) is 9.04. The number of amidine groups is 1. The van der Waals surface area contributed by atoms with Gasteiger partial charge in [-0.3, -0.25) is 9.98 Å². The lowest BCUT2D eigenvalue weighted by atomic mass is 10.1. The van der Waals surface area contributed by atoms with Crippen molar-refractivity contribution < 1.29 is 8.78 Å². The number of aryl methyl sites for hydroxylation is 1. The van der Waals surface area contributed by atoms with E-state index in [1.165, 1.54) is 17.0 Å². The van der Waals surface area contributed by atoms with Crippen LogP contribution in [0.2, 0.25) is 0 Å². The van der Waals surface area contributed by atoms with E-state index in [2.05, 4.69) is 4.98 Å². The van der Waals surface area contributed by atoms with Gasteiger partial charge in [-0.25, -0.2) is 13.8 Å². The molecule has 1 aromatic carbocycles. The molecule has 0 aliphatic heterocycles. The minimum Gasteiger partial charge on any atom is -0.384 e. The minimum absolute atomic E-state index is 0.0153. The Labute approximate surface area is 96.2 Å². The Morgan fingerprint density at radius 3 is 2.35 bits per heavy atom. The van der Waals surface area contributed by atoms with Gasteiger partial charge in [0.25, 0.3) is 0 Å². The van der Waals surface area contributed by atoms with Gasteiger partial charge < -0.3 is 5.73 Å². The fraction of sp³-hybridized carbons (Fsp3) is 0.0909. The molecular weight excluding hydrogens is 226 g/mol. The lowest BCUT2D eigenvalue weighted by molar-refractivity contribution is 0.566. The summed E-state index contributed by atoms with van der Waals surface area (Å²) in [5.41, 5.74) is 4.98. The number of benzene rings is 1. The van der Waals surface area contributed by atoms with E-state index in [-0.39, 0.29) is 17.1 Å². The topological polar surface area (TPSA) is 67.7 Å². The smallest absolute Gasteiger partial charge is 0.150 e. The number of nitrogens with one attached hydrogen (secondary N) is 1. The Kier molecular flexibility index (Phi) is 2.63. The Balaban J connectivity index is 2.65. The van der Waals surface area contributed by atoms with Gasteiger partial charge in [-0.1, -0.05) is 0 Å². The highest BCUT2D eigenvalue weighted by Gasteiger charge is 2.15. The van der Waals surface area contributed by atoms with Crippen molar-refractivity contribution in [3.63, 3.8) is 0 Å². The number of nitrogen functional groups attached to an aromatic ring is 1. The molecule has 17 heavy (non-hydrogen) atoms. The molecule has 0 atom stereocenters. The fourth-order valence-corrected chi connectivity index (χ4v) is 1.57. The summed E-state index contributed by atoms with van der Waals surface area (Å²) in [5.74, 6) is -1.47. The maximum atomic E-state index is 13.8. The third-order valence-corrected chi connectivity index (χ3v) is 2.39. The summed E-state index contributed by atoms with van der Waals surface area (Å²) < 4.78 is 28.8. The van der Waals surface area contributed by atoms with Crippen LogP contribution in [0.15, 0.2) is 24.5 Å². The van der Waals surface area contributed by atoms with Crippen LogP contribution < -0.4 is 5.73 Å². The average Bonchev–Trinajstić information content (AvgIpc) is 2.64. The van der Waals surface area contributed by atoms with E-state index in [4.69, 9.17) is 11.1 Å². The highest BCUT2D eigenvalue weighted by Crippen LogP contribution is 2.20. The molecular formula is C11H10F2N4. The second-order valence-electron chi connectivity index (χ2n) is 3.55. The molecule has 0 saturated carbocycles. The maximum Gasteiger partial charge on any atom is 0.150 e. The summed E-state index contributed by atoms with van der Waals surface area (Å²) in [6.07, 6.45) is 2.91. The maximum absolute atomic E-state index is 13.8. The molecule has 0 bridgehead atoms. The number of hydrogen-bond acceptors (Lipinski definition) is 2. The normalized spacial score (nSPS) is 10.5. The molecule has 88 valence electrons. The molecule has 0 fully saturated rings. The van der Waals surface area contributed by atoms with Crippen molar-refractivity contribution >= 4 is 5.84 Å². The monoisotopic (exact) mass is 236 g/mol. The first kappa shape index (κ1) is 11.3. The molecule has 0 aliphatic rings. The summed E-state index contributed by atoms with van der Waals surface area (Å²) in [7, 11) is 0. The van der Waals surface area contributed by atoms with Crippen molar-refractivity contribution in [2.45, 2.75) is 6.92 Å². The molecule has 0 unspecified atom stereocenters. The third-order valence-electron chi connectivity index (χ3n) is 2.39. The summed E-state index contributed by atoms with van der Waals surface area (Å²) in [6.45, 7) is 1.64. The predicted octanol–water partition coefficient (Wildman–Crippen LogP) is 1.74. The van der Waals surface area contributed by atoms with Crippen LogP contribution in [0, 0.1) is 24.0 Å². The van der Waals surface area contributed by atoms with Gasteiger partial charge in [-0.15, -0.1) is 0 Å². The first-order valence-electron chi connectivity index (χ1n) is 4.84. The lowest BCUT2D eigenvalue weighted by Gasteiger charge is -2.09. The van der Waals surface area contributed by atoms with E-state index in [9.17, 15) is 8.78 Å². The van der Waals surface area contributed by atoms with Crippen LogP contribution in [0.5, 0.6) is 0 Å². The van der Waals surface area contributed by atoms with Gasteiger partial charge in [0, 0.05) is 18.0 Å². The van der Waals surface area contributed by atoms with Crippen molar-refractivity contribution in [1.82, 2.24) is 9.55 Å². The molecule has 2 aromatic rings. The van der Waals surface area contributed by atoms with E-state index in [0.717, 1.165) is 12.1 Å². The molecule has 0 amide bonds. The highest BCUT2D eigenvalue weighted by atomic mass is 19.1. The summed E-state index contributed by atoms with van der Waals surface area (Å²) >= 11 is 0. The highest BCUT2D eigenvalue weighted by molar-refractivity contribution is 5.95. The zero-order valence-corrected chi connectivity index (χ0v) is 9.04. The number of aromatic nitrogens is 2. The van der Waals surface area contributed by atoms with Gasteiger partial charge in [-0.2, -0.15) is 0 Å². The van der Waals surface area contributed by atoms with Crippen molar-refractivity contribution in [1.29, 1.82) is 5.41 Å². The van der Waals surface area contributed by atoms with Crippen LogP contribution in [0.25, 0.3) is 5.69 Å². The first-order valence-corrected chi connectivity index (χ1v) is 4.84. The van der Waals surface area contributed by atoms with Gasteiger partial charge in [-0.05, 0) is 19.1 Å². The van der Waals surface area contributed by atoms with E-state index in [1.807, 2.05) is 0 Å². The first-order chi connectivity index (χ1) is 8.00. The fourth-order valence-electron chi connectivity index (χ4n) is 1.57. The molecule has 3 N–H and O–H groups in total. The largest absolute Gasteiger partial charge is 0.384 e. The second kappa shape index (κ2) is 3.97. The molecule has 2 rings (SSSR count). The molecule has 0 spiro atoms. The van der Waals surface area contributed by atoms with Crippen LogP contribution in [0.1, 0.15) is 11.4 Å². The van der Waals surface area contributed by atoms with Gasteiger partial charge in [0.05, 0.1) is 0 Å². The van der Waals surface area contributed by atoms with Crippen molar-refractivity contribution in [3.05, 3.63) is 47.5 Å². The Bertz CT molecular complexity index is 566. The molecule has 0 radical (unpaired) electrons. The Morgan fingerprint density at radius 2 is 1.94 bits per heavy atom. The lowest BCUT2D eigenvalue weighted by Crippen LogP contribution is -2.13. The number of imidazole rings is 1. The summed E-state index contributed by atoms with van der Waals surface area (Å²) in [6, 6.07) is 2.06. The van der Waals surface area contributed by atoms with Gasteiger partial charge >= 0.3 is 0 Å². The second-order valence-corrected chi connectivity index (χ2v) is 3.55. The average molecular weight is 236 g/mol. The van der Waals surface area contributed by atoms with Crippen LogP contribution in [-0.2, 0) is 0 Å². The number of rotatable bonds is 2. The predicted molar refractivity (Wildman–Crippen MR) is 59.2 cm³/mol. The van der Waals surface area contributed by atoms with E-state index < -0.39 is 11.6 Å². The molecule has 0 aliphatic carbocycles. The molecule has 0 saturated heterocycles. The van der Waals surface area contributed by atoms with Crippen LogP contribution in [-0.4, -0.2) is 15.4 Å². The van der Waals surface area contributed by atoms with Crippen LogP contribution >= 0.6 is 0 Å². The number of halogens is 2. The molecule has 1 aromatic heterocycles. The quantitative estimate of drug-likeness (QED) is 0.616. The zero-order chi connectivity index (χ0) is 12.6. The van der Waals surface area contributed by atoms with Crippen LogP contribution in [0.3, 0.4) is 0 Å². The standard InChI is InChI=1S/C11H10F2N4/c1-6-16-2-3-17(6)10-8(12)4-7(11(14)15)5-9(10)13/h2-5H,1H3,(H3,14,15). The Morgan fingerprint density at radius 1 is 1.35 bits per heavy atom. The third kappa shape index (κ3) is 1.89. The summed E-state index contributed by atoms with van der Waals surface area (Å²) in [5, 5.41) is 7.14. The molecule has 4 nitrogen and oxygen atoms in total.